The number of benzene rings is 3. The number of nitrogens with one attached hydrogen (secondary N) is 2. The molecule has 160 valence electrons. The van der Waals surface area contributed by atoms with E-state index in [-0.39, 0.29) is 0 Å². The van der Waals surface area contributed by atoms with Gasteiger partial charge in [-0.05, 0) is 72.7 Å². The fourth-order valence-electron chi connectivity index (χ4n) is 2.63. The van der Waals surface area contributed by atoms with E-state index in [2.05, 4.69) is 15.8 Å². The Morgan fingerprint density at radius 3 is 2.52 bits per heavy atom. The van der Waals surface area contributed by atoms with Crippen LogP contribution < -0.4 is 20.2 Å². The molecule has 0 fully saturated rings. The highest BCUT2D eigenvalue weighted by atomic mass is 35.5. The average molecular weight is 474 g/mol. The fourth-order valence-corrected chi connectivity index (χ4v) is 3.12. The maximum Gasteiger partial charge on any atom is 0.191 e. The number of nitrogens with zero attached hydrogens (tertiary/aromatic N) is 1. The first-order valence-corrected chi connectivity index (χ1v) is 10.7. The van der Waals surface area contributed by atoms with Gasteiger partial charge in [-0.2, -0.15) is 5.10 Å². The molecule has 3 aromatic carbocycles. The molecule has 0 radical (unpaired) electrons. The second-order valence-corrected chi connectivity index (χ2v) is 7.59. The number of thiocarbonyl (C=S) groups is 1. The van der Waals surface area contributed by atoms with Crippen molar-refractivity contribution in [1.29, 1.82) is 0 Å². The molecule has 5 nitrogen and oxygen atoms in total. The number of hydrogen-bond acceptors (Lipinski definition) is 4. The van der Waals surface area contributed by atoms with Crippen LogP contribution in [0.15, 0.2) is 71.8 Å². The van der Waals surface area contributed by atoms with E-state index in [9.17, 15) is 0 Å². The van der Waals surface area contributed by atoms with Gasteiger partial charge in [-0.25, -0.2) is 0 Å². The highest BCUT2D eigenvalue weighted by Crippen LogP contribution is 2.30. The molecule has 8 heteroatoms. The van der Waals surface area contributed by atoms with Gasteiger partial charge in [0.15, 0.2) is 16.6 Å². The number of halogens is 2. The third kappa shape index (κ3) is 7.14. The molecule has 0 unspecified atom stereocenters. The van der Waals surface area contributed by atoms with Crippen molar-refractivity contribution in [3.63, 3.8) is 0 Å². The number of ether oxygens (including phenoxy) is 2. The first-order valence-electron chi connectivity index (χ1n) is 9.54. The van der Waals surface area contributed by atoms with Gasteiger partial charge >= 0.3 is 0 Å². The number of anilines is 1. The first-order chi connectivity index (χ1) is 15.0. The molecule has 0 aromatic heterocycles. The van der Waals surface area contributed by atoms with Crippen molar-refractivity contribution in [1.82, 2.24) is 5.43 Å². The summed E-state index contributed by atoms with van der Waals surface area (Å²) in [6.07, 6.45) is 1.66. The zero-order valence-corrected chi connectivity index (χ0v) is 19.1. The molecular formula is C23H21Cl2N3O2S. The van der Waals surface area contributed by atoms with E-state index in [0.717, 1.165) is 16.8 Å². The molecule has 0 atom stereocenters. The molecular weight excluding hydrogens is 453 g/mol. The lowest BCUT2D eigenvalue weighted by atomic mass is 10.2. The monoisotopic (exact) mass is 473 g/mol. The van der Waals surface area contributed by atoms with Crippen LogP contribution in [0.2, 0.25) is 10.0 Å². The topological polar surface area (TPSA) is 54.9 Å². The predicted octanol–water partition coefficient (Wildman–Crippen LogP) is 6.29. The van der Waals surface area contributed by atoms with Crippen molar-refractivity contribution < 1.29 is 9.47 Å². The van der Waals surface area contributed by atoms with Gasteiger partial charge in [0.25, 0.3) is 0 Å². The molecule has 0 aliphatic rings. The molecule has 31 heavy (non-hydrogen) atoms. The number of hydrogen-bond donors (Lipinski definition) is 2. The Bertz CT molecular complexity index is 1060. The van der Waals surface area contributed by atoms with Crippen LogP contribution in [0.4, 0.5) is 5.69 Å². The highest BCUT2D eigenvalue weighted by molar-refractivity contribution is 7.80. The Morgan fingerprint density at radius 1 is 0.968 bits per heavy atom. The lowest BCUT2D eigenvalue weighted by Gasteiger charge is -2.13. The fraction of sp³-hybridized carbons (Fsp3) is 0.130. The third-order valence-electron chi connectivity index (χ3n) is 4.06. The minimum atomic E-state index is 0.339. The largest absolute Gasteiger partial charge is 0.490 e. The molecule has 0 amide bonds. The lowest BCUT2D eigenvalue weighted by Crippen LogP contribution is -2.23. The van der Waals surface area contributed by atoms with Gasteiger partial charge in [0.2, 0.25) is 0 Å². The second kappa shape index (κ2) is 11.6. The Morgan fingerprint density at radius 2 is 1.77 bits per heavy atom. The van der Waals surface area contributed by atoms with E-state index < -0.39 is 0 Å². The standard InChI is InChI=1S/C23H21Cl2N3O2S/c1-2-29-22-13-16(14-26-28-23(31)27-18-6-4-3-5-7-18)9-11-21(22)30-15-17-8-10-19(24)20(25)12-17/h3-14H,2,15H2,1H3,(H2,27,28,31). The van der Waals surface area contributed by atoms with Crippen LogP contribution in [-0.2, 0) is 6.61 Å². The van der Waals surface area contributed by atoms with Gasteiger partial charge in [-0.15, -0.1) is 0 Å². The predicted molar refractivity (Wildman–Crippen MR) is 132 cm³/mol. The van der Waals surface area contributed by atoms with Crippen molar-refractivity contribution >= 4 is 52.4 Å². The summed E-state index contributed by atoms with van der Waals surface area (Å²) >= 11 is 17.3. The first kappa shape index (κ1) is 22.9. The summed E-state index contributed by atoms with van der Waals surface area (Å²) < 4.78 is 11.6. The van der Waals surface area contributed by atoms with Crippen LogP contribution >= 0.6 is 35.4 Å². The molecule has 0 aliphatic heterocycles. The van der Waals surface area contributed by atoms with E-state index in [0.29, 0.717) is 39.9 Å². The Kier molecular flexibility index (Phi) is 8.53. The molecule has 0 saturated carbocycles. The summed E-state index contributed by atoms with van der Waals surface area (Å²) in [6.45, 7) is 2.76. The number of hydrazone groups is 1. The van der Waals surface area contributed by atoms with Crippen LogP contribution in [0.1, 0.15) is 18.1 Å². The number of para-hydroxylation sites is 1. The smallest absolute Gasteiger partial charge is 0.191 e. The average Bonchev–Trinajstić information content (AvgIpc) is 2.76. The van der Waals surface area contributed by atoms with Crippen molar-refractivity contribution in [2.24, 2.45) is 5.10 Å². The van der Waals surface area contributed by atoms with Gasteiger partial charge in [0.1, 0.15) is 6.61 Å². The molecule has 3 aromatic rings. The Hall–Kier alpha value is -2.80. The van der Waals surface area contributed by atoms with Gasteiger partial charge in [-0.1, -0.05) is 47.5 Å². The van der Waals surface area contributed by atoms with Crippen molar-refractivity contribution in [2.45, 2.75) is 13.5 Å². The van der Waals surface area contributed by atoms with Crippen LogP contribution in [0.25, 0.3) is 0 Å². The van der Waals surface area contributed by atoms with E-state index in [1.807, 2.05) is 61.5 Å². The summed E-state index contributed by atoms with van der Waals surface area (Å²) in [5.74, 6) is 1.25. The molecule has 3 rings (SSSR count). The molecule has 0 aliphatic carbocycles. The van der Waals surface area contributed by atoms with Crippen molar-refractivity contribution in [3.05, 3.63) is 87.9 Å². The van der Waals surface area contributed by atoms with Crippen LogP contribution in [0.3, 0.4) is 0 Å². The quantitative estimate of drug-likeness (QED) is 0.228. The van der Waals surface area contributed by atoms with E-state index in [1.165, 1.54) is 0 Å². The van der Waals surface area contributed by atoms with Gasteiger partial charge in [-0.3, -0.25) is 5.43 Å². The molecule has 2 N–H and O–H groups in total. The van der Waals surface area contributed by atoms with E-state index >= 15 is 0 Å². The maximum atomic E-state index is 6.07. The van der Waals surface area contributed by atoms with E-state index in [4.69, 9.17) is 44.9 Å². The Labute approximate surface area is 197 Å². The second-order valence-electron chi connectivity index (χ2n) is 6.37. The van der Waals surface area contributed by atoms with Crippen molar-refractivity contribution in [2.75, 3.05) is 11.9 Å². The number of rotatable bonds is 8. The van der Waals surface area contributed by atoms with Gasteiger partial charge in [0, 0.05) is 5.69 Å². The SMILES string of the molecule is CCOc1cc(C=NNC(=S)Nc2ccccc2)ccc1OCc1ccc(Cl)c(Cl)c1. The molecule has 0 heterocycles. The minimum Gasteiger partial charge on any atom is -0.490 e. The lowest BCUT2D eigenvalue weighted by molar-refractivity contribution is 0.269. The normalized spacial score (nSPS) is 10.7. The molecule has 0 spiro atoms. The summed E-state index contributed by atoms with van der Waals surface area (Å²) in [5, 5.41) is 8.63. The summed E-state index contributed by atoms with van der Waals surface area (Å²) in [7, 11) is 0. The highest BCUT2D eigenvalue weighted by Gasteiger charge is 2.08. The summed E-state index contributed by atoms with van der Waals surface area (Å²) in [6, 6.07) is 20.6. The third-order valence-corrected chi connectivity index (χ3v) is 4.99. The van der Waals surface area contributed by atoms with Crippen LogP contribution in [0, 0.1) is 0 Å². The van der Waals surface area contributed by atoms with Gasteiger partial charge in [0.05, 0.1) is 22.9 Å². The van der Waals surface area contributed by atoms with Crippen LogP contribution in [-0.4, -0.2) is 17.9 Å². The summed E-state index contributed by atoms with van der Waals surface area (Å²) in [5.41, 5.74) is 5.43. The zero-order chi connectivity index (χ0) is 22.1. The zero-order valence-electron chi connectivity index (χ0n) is 16.8. The summed E-state index contributed by atoms with van der Waals surface area (Å²) in [4.78, 5) is 0. The van der Waals surface area contributed by atoms with Crippen LogP contribution in [0.5, 0.6) is 11.5 Å². The van der Waals surface area contributed by atoms with Gasteiger partial charge < -0.3 is 14.8 Å². The van der Waals surface area contributed by atoms with E-state index in [1.54, 1.807) is 18.3 Å². The van der Waals surface area contributed by atoms with Crippen molar-refractivity contribution in [3.8, 4) is 11.5 Å². The molecule has 0 saturated heterocycles. The minimum absolute atomic E-state index is 0.339. The maximum absolute atomic E-state index is 6.07. The molecule has 0 bridgehead atoms. The Balaban J connectivity index is 1.61.